The van der Waals surface area contributed by atoms with Gasteiger partial charge in [-0.05, 0) is 26.4 Å². The monoisotopic (exact) mass is 318 g/mol. The zero-order chi connectivity index (χ0) is 16.0. The largest absolute Gasteiger partial charge is 0.475 e. The number of nitrogens with one attached hydrogen (secondary N) is 1. The zero-order valence-corrected chi connectivity index (χ0v) is 13.4. The topological polar surface area (TPSA) is 99.9 Å². The lowest BCUT2D eigenvalue weighted by atomic mass is 10.4. The molecular weight excluding hydrogens is 296 g/mol. The summed E-state index contributed by atoms with van der Waals surface area (Å²) in [6.07, 6.45) is 1.00. The molecule has 0 aliphatic carbocycles. The molecule has 1 aromatic heterocycles. The SMILES string of the molecule is CCCN(CC)CCNS(=O)(=O)c1cc(C(=O)O)oc1C. The van der Waals surface area contributed by atoms with Gasteiger partial charge in [-0.1, -0.05) is 13.8 Å². The molecule has 0 spiro atoms. The number of aromatic carboxylic acids is 1. The van der Waals surface area contributed by atoms with Crippen LogP contribution in [-0.2, 0) is 10.0 Å². The summed E-state index contributed by atoms with van der Waals surface area (Å²) in [7, 11) is -3.76. The van der Waals surface area contributed by atoms with Crippen molar-refractivity contribution in [1.29, 1.82) is 0 Å². The number of rotatable bonds is 9. The summed E-state index contributed by atoms with van der Waals surface area (Å²) in [6, 6.07) is 1.03. The first-order valence-electron chi connectivity index (χ1n) is 6.87. The Morgan fingerprint density at radius 1 is 1.38 bits per heavy atom. The fourth-order valence-corrected chi connectivity index (χ4v) is 3.20. The molecule has 8 heteroatoms. The molecule has 0 aromatic carbocycles. The molecule has 0 atom stereocenters. The molecule has 0 aliphatic heterocycles. The van der Waals surface area contributed by atoms with Gasteiger partial charge in [-0.3, -0.25) is 0 Å². The number of carboxylic acid groups (broad SMARTS) is 1. The number of hydrogen-bond acceptors (Lipinski definition) is 5. The molecule has 21 heavy (non-hydrogen) atoms. The van der Waals surface area contributed by atoms with Crippen molar-refractivity contribution in [2.45, 2.75) is 32.1 Å². The highest BCUT2D eigenvalue weighted by atomic mass is 32.2. The lowest BCUT2D eigenvalue weighted by molar-refractivity contribution is 0.0661. The number of nitrogens with zero attached hydrogens (tertiary/aromatic N) is 1. The van der Waals surface area contributed by atoms with Gasteiger partial charge in [0.1, 0.15) is 10.7 Å². The van der Waals surface area contributed by atoms with Crippen LogP contribution in [0.3, 0.4) is 0 Å². The van der Waals surface area contributed by atoms with E-state index in [9.17, 15) is 13.2 Å². The van der Waals surface area contributed by atoms with E-state index in [4.69, 9.17) is 9.52 Å². The van der Waals surface area contributed by atoms with Gasteiger partial charge < -0.3 is 14.4 Å². The molecule has 120 valence electrons. The van der Waals surface area contributed by atoms with E-state index in [0.717, 1.165) is 25.6 Å². The number of likely N-dealkylation sites (N-methyl/N-ethyl adjacent to an activating group) is 1. The van der Waals surface area contributed by atoms with Crippen LogP contribution in [0.2, 0.25) is 0 Å². The van der Waals surface area contributed by atoms with Crippen LogP contribution in [0.25, 0.3) is 0 Å². The lowest BCUT2D eigenvalue weighted by Crippen LogP contribution is -2.35. The molecule has 0 bridgehead atoms. The predicted octanol–water partition coefficient (Wildman–Crippen LogP) is 1.30. The minimum Gasteiger partial charge on any atom is -0.475 e. The van der Waals surface area contributed by atoms with Crippen molar-refractivity contribution in [3.05, 3.63) is 17.6 Å². The first kappa shape index (κ1) is 17.7. The number of carbonyl (C=O) groups is 1. The lowest BCUT2D eigenvalue weighted by Gasteiger charge is -2.19. The fourth-order valence-electron chi connectivity index (χ4n) is 2.00. The molecule has 2 N–H and O–H groups in total. The molecule has 0 unspecified atom stereocenters. The fraction of sp³-hybridized carbons (Fsp3) is 0.615. The van der Waals surface area contributed by atoms with Gasteiger partial charge in [0.15, 0.2) is 0 Å². The first-order valence-corrected chi connectivity index (χ1v) is 8.35. The highest BCUT2D eigenvalue weighted by Crippen LogP contribution is 2.19. The number of sulfonamides is 1. The van der Waals surface area contributed by atoms with Crippen molar-refractivity contribution in [2.24, 2.45) is 0 Å². The standard InChI is InChI=1S/C13H22N2O5S/c1-4-7-15(5-2)8-6-14-21(18,19)12-9-11(13(16)17)20-10(12)3/h9,14H,4-8H2,1-3H3,(H,16,17). The maximum atomic E-state index is 12.1. The summed E-state index contributed by atoms with van der Waals surface area (Å²) in [5.74, 6) is -1.60. The Balaban J connectivity index is 2.71. The van der Waals surface area contributed by atoms with Crippen LogP contribution in [0.15, 0.2) is 15.4 Å². The summed E-state index contributed by atoms with van der Waals surface area (Å²) in [4.78, 5) is 12.8. The van der Waals surface area contributed by atoms with E-state index in [2.05, 4.69) is 16.5 Å². The van der Waals surface area contributed by atoms with Crippen LogP contribution in [0.1, 0.15) is 36.6 Å². The van der Waals surface area contributed by atoms with E-state index in [-0.39, 0.29) is 23.0 Å². The van der Waals surface area contributed by atoms with Crippen molar-refractivity contribution < 1.29 is 22.7 Å². The molecule has 1 rings (SSSR count). The summed E-state index contributed by atoms with van der Waals surface area (Å²) < 4.78 is 31.7. The molecule has 7 nitrogen and oxygen atoms in total. The van der Waals surface area contributed by atoms with E-state index in [1.54, 1.807) is 0 Å². The normalized spacial score (nSPS) is 12.0. The number of carboxylic acids is 1. The first-order chi connectivity index (χ1) is 9.81. The number of furan rings is 1. The van der Waals surface area contributed by atoms with Crippen LogP contribution in [-0.4, -0.2) is 50.6 Å². The van der Waals surface area contributed by atoms with Gasteiger partial charge in [0.05, 0.1) is 0 Å². The predicted molar refractivity (Wildman–Crippen MR) is 78.0 cm³/mol. The van der Waals surface area contributed by atoms with E-state index >= 15 is 0 Å². The molecule has 0 amide bonds. The highest BCUT2D eigenvalue weighted by Gasteiger charge is 2.23. The summed E-state index contributed by atoms with van der Waals surface area (Å²) >= 11 is 0. The van der Waals surface area contributed by atoms with Crippen molar-refractivity contribution in [3.63, 3.8) is 0 Å². The second-order valence-corrected chi connectivity index (χ2v) is 6.40. The summed E-state index contributed by atoms with van der Waals surface area (Å²) in [5.41, 5.74) is 0. The van der Waals surface area contributed by atoms with E-state index in [1.807, 2.05) is 6.92 Å². The molecule has 0 fully saturated rings. The second kappa shape index (κ2) is 7.58. The van der Waals surface area contributed by atoms with Gasteiger partial charge in [-0.2, -0.15) is 0 Å². The van der Waals surface area contributed by atoms with Gasteiger partial charge in [0.25, 0.3) is 0 Å². The van der Waals surface area contributed by atoms with Gasteiger partial charge in [0, 0.05) is 19.2 Å². The number of aryl methyl sites for hydroxylation is 1. The molecule has 1 heterocycles. The van der Waals surface area contributed by atoms with Crippen molar-refractivity contribution in [2.75, 3.05) is 26.2 Å². The molecule has 0 saturated heterocycles. The van der Waals surface area contributed by atoms with Crippen molar-refractivity contribution in [1.82, 2.24) is 9.62 Å². The van der Waals surface area contributed by atoms with Crippen LogP contribution < -0.4 is 4.72 Å². The second-order valence-electron chi connectivity index (χ2n) is 4.67. The summed E-state index contributed by atoms with van der Waals surface area (Å²) in [5, 5.41) is 8.81. The minimum atomic E-state index is -3.76. The molecule has 1 aromatic rings. The Morgan fingerprint density at radius 2 is 2.05 bits per heavy atom. The van der Waals surface area contributed by atoms with E-state index in [0.29, 0.717) is 6.54 Å². The maximum Gasteiger partial charge on any atom is 0.371 e. The van der Waals surface area contributed by atoms with Crippen LogP contribution in [0.4, 0.5) is 0 Å². The Kier molecular flexibility index (Phi) is 6.38. The Hall–Kier alpha value is -1.38. The quantitative estimate of drug-likeness (QED) is 0.712. The van der Waals surface area contributed by atoms with Gasteiger partial charge in [-0.25, -0.2) is 17.9 Å². The average molecular weight is 318 g/mol. The van der Waals surface area contributed by atoms with Gasteiger partial charge >= 0.3 is 5.97 Å². The Labute approximate surface area is 125 Å². The average Bonchev–Trinajstić information content (AvgIpc) is 2.80. The van der Waals surface area contributed by atoms with Crippen LogP contribution in [0.5, 0.6) is 0 Å². The third kappa shape index (κ3) is 4.83. The summed E-state index contributed by atoms with van der Waals surface area (Å²) in [6.45, 7) is 8.14. The van der Waals surface area contributed by atoms with Crippen molar-refractivity contribution in [3.8, 4) is 0 Å². The number of hydrogen-bond donors (Lipinski definition) is 2. The molecule has 0 radical (unpaired) electrons. The maximum absolute atomic E-state index is 12.1. The Morgan fingerprint density at radius 3 is 2.52 bits per heavy atom. The third-order valence-corrected chi connectivity index (χ3v) is 4.65. The van der Waals surface area contributed by atoms with Crippen LogP contribution in [0, 0.1) is 6.92 Å². The highest BCUT2D eigenvalue weighted by molar-refractivity contribution is 7.89. The third-order valence-electron chi connectivity index (χ3n) is 3.08. The van der Waals surface area contributed by atoms with Gasteiger partial charge in [-0.15, -0.1) is 0 Å². The van der Waals surface area contributed by atoms with E-state index < -0.39 is 16.0 Å². The molecule has 0 aliphatic rings. The van der Waals surface area contributed by atoms with E-state index in [1.165, 1.54) is 6.92 Å². The molecular formula is C13H22N2O5S. The smallest absolute Gasteiger partial charge is 0.371 e. The van der Waals surface area contributed by atoms with Gasteiger partial charge in [0.2, 0.25) is 15.8 Å². The van der Waals surface area contributed by atoms with Crippen molar-refractivity contribution >= 4 is 16.0 Å². The minimum absolute atomic E-state index is 0.0702. The molecule has 0 saturated carbocycles. The zero-order valence-electron chi connectivity index (χ0n) is 12.5. The Bertz CT molecular complexity index is 579. The van der Waals surface area contributed by atoms with Crippen LogP contribution >= 0.6 is 0 Å².